The molecule has 0 radical (unpaired) electrons. The summed E-state index contributed by atoms with van der Waals surface area (Å²) in [6, 6.07) is 5.39. The molecule has 19 nitrogen and oxygen atoms in total. The molecule has 1 saturated heterocycles. The van der Waals surface area contributed by atoms with Gasteiger partial charge in [-0.05, 0) is 31.5 Å². The molecular weight excluding hydrogens is 630 g/mol. The SMILES string of the molecule is COC1[C@@H](OC(=O)OC(C)(C)c2ccc([N+](=O)[O-])cc2)[C@@H](COP(=O)([O-])n2ccnc2)O[C@H]1n1cnc2c(=O)[nH]c(N)nc21.[Na+]. The van der Waals surface area contributed by atoms with E-state index in [2.05, 4.69) is 19.9 Å². The molecule has 0 bridgehead atoms. The molecule has 4 aromatic rings. The monoisotopic (exact) mass is 656 g/mol. The number of hydrogen-bond acceptors (Lipinski definition) is 15. The van der Waals surface area contributed by atoms with Crippen molar-refractivity contribution in [3.05, 3.63) is 75.3 Å². The van der Waals surface area contributed by atoms with E-state index in [0.29, 0.717) is 5.56 Å². The van der Waals surface area contributed by atoms with Gasteiger partial charge in [-0.3, -0.25) is 33.4 Å². The minimum absolute atomic E-state index is 0. The van der Waals surface area contributed by atoms with Gasteiger partial charge in [-0.25, -0.2) is 14.8 Å². The molecule has 0 aliphatic carbocycles. The van der Waals surface area contributed by atoms with Gasteiger partial charge in [-0.15, -0.1) is 0 Å². The smallest absolute Gasteiger partial charge is 0.761 e. The fourth-order valence-corrected chi connectivity index (χ4v) is 5.48. The second kappa shape index (κ2) is 13.4. The van der Waals surface area contributed by atoms with Gasteiger partial charge in [-0.1, -0.05) is 0 Å². The number of anilines is 1. The Morgan fingerprint density at radius 1 is 1.24 bits per heavy atom. The maximum Gasteiger partial charge on any atom is 1.00 e. The first-order chi connectivity index (χ1) is 20.8. The van der Waals surface area contributed by atoms with Gasteiger partial charge in [0, 0.05) is 31.6 Å². The standard InChI is InChI=1S/C24H27N8O11P.Na/c1-24(2,13-4-6-14(7-5-13)32(35)36)43-23(34)42-17-15(10-40-44(37,38)30-9-8-26-11-30)41-21(18(17)39-3)31-12-27-16-19(31)28-22(25)29-20(16)33;/h4-9,11-12,15,17-18,21H,10H2,1-3H3,(H,37,38)(H3,25,28,29,33);/q;+1/p-1/t15-,17+,18?,21-;/m1./s1. The molecule has 3 N–H and O–H groups in total. The number of nitrogen functional groups attached to an aromatic ring is 1. The van der Waals surface area contributed by atoms with E-state index < -0.39 is 61.1 Å². The maximum atomic E-state index is 13.1. The number of methoxy groups -OCH3 is 1. The molecule has 0 saturated carbocycles. The van der Waals surface area contributed by atoms with Crippen molar-refractivity contribution in [3.63, 3.8) is 0 Å². The van der Waals surface area contributed by atoms with Crippen molar-refractivity contribution < 1.29 is 72.2 Å². The Kier molecular flexibility index (Phi) is 10.1. The topological polar surface area (TPSA) is 254 Å². The molecule has 2 unspecified atom stereocenters. The first-order valence-corrected chi connectivity index (χ1v) is 14.3. The van der Waals surface area contributed by atoms with Crippen LogP contribution >= 0.6 is 7.75 Å². The Labute approximate surface area is 275 Å². The van der Waals surface area contributed by atoms with Gasteiger partial charge in [-0.2, -0.15) is 4.98 Å². The number of H-pyrrole nitrogens is 1. The summed E-state index contributed by atoms with van der Waals surface area (Å²) < 4.78 is 42.8. The van der Waals surface area contributed by atoms with Crippen molar-refractivity contribution in [2.24, 2.45) is 0 Å². The summed E-state index contributed by atoms with van der Waals surface area (Å²) in [6.07, 6.45) is -1.39. The number of nitrogens with one attached hydrogen (secondary N) is 1. The van der Waals surface area contributed by atoms with Crippen LogP contribution in [0.25, 0.3) is 11.2 Å². The van der Waals surface area contributed by atoms with Crippen LogP contribution in [0.2, 0.25) is 0 Å². The summed E-state index contributed by atoms with van der Waals surface area (Å²) >= 11 is 0. The summed E-state index contributed by atoms with van der Waals surface area (Å²) in [6.45, 7) is 2.45. The Hall–Kier alpha value is -3.68. The molecule has 0 amide bonds. The van der Waals surface area contributed by atoms with Gasteiger partial charge >= 0.3 is 35.7 Å². The van der Waals surface area contributed by atoms with Crippen LogP contribution in [0.1, 0.15) is 25.6 Å². The minimum Gasteiger partial charge on any atom is -0.761 e. The predicted octanol–water partition coefficient (Wildman–Crippen LogP) is -1.79. The molecule has 21 heteroatoms. The van der Waals surface area contributed by atoms with Crippen LogP contribution in [0.3, 0.4) is 0 Å². The van der Waals surface area contributed by atoms with E-state index in [1.54, 1.807) is 13.8 Å². The minimum atomic E-state index is -4.69. The average Bonchev–Trinajstić information content (AvgIpc) is 3.71. The van der Waals surface area contributed by atoms with Gasteiger partial charge in [0.15, 0.2) is 23.5 Å². The van der Waals surface area contributed by atoms with Crippen molar-refractivity contribution in [3.8, 4) is 0 Å². The number of aromatic amines is 1. The second-order valence-electron chi connectivity index (χ2n) is 10.00. The van der Waals surface area contributed by atoms with E-state index in [1.165, 1.54) is 54.7 Å². The first-order valence-electron chi connectivity index (χ1n) is 12.8. The molecule has 1 aliphatic heterocycles. The molecular formula is C24H26N8NaO11P. The summed E-state index contributed by atoms with van der Waals surface area (Å²) in [5, 5.41) is 11.0. The Morgan fingerprint density at radius 3 is 2.58 bits per heavy atom. The summed E-state index contributed by atoms with van der Waals surface area (Å²) in [4.78, 5) is 62.8. The van der Waals surface area contributed by atoms with Crippen molar-refractivity contribution in [1.29, 1.82) is 0 Å². The number of ether oxygens (including phenoxy) is 4. The average molecular weight is 656 g/mol. The van der Waals surface area contributed by atoms with Gasteiger partial charge in [0.25, 0.3) is 11.2 Å². The number of nitrogens with two attached hydrogens (primary N) is 1. The first kappa shape index (κ1) is 34.2. The van der Waals surface area contributed by atoms with Crippen molar-refractivity contribution in [1.82, 2.24) is 28.8 Å². The number of nitro benzene ring substituents is 1. The summed E-state index contributed by atoms with van der Waals surface area (Å²) in [5.41, 5.74) is 4.02. The van der Waals surface area contributed by atoms with E-state index in [1.807, 2.05) is 0 Å². The maximum absolute atomic E-state index is 13.1. The zero-order chi connectivity index (χ0) is 31.8. The van der Waals surface area contributed by atoms with Gasteiger partial charge < -0.3 is 34.1 Å². The number of carbonyl (C=O) groups is 1. The Bertz CT molecular complexity index is 1780. The number of aromatic nitrogens is 6. The number of rotatable bonds is 10. The number of carbonyl (C=O) groups excluding carboxylic acids is 1. The fraction of sp³-hybridized carbons (Fsp3) is 0.375. The summed E-state index contributed by atoms with van der Waals surface area (Å²) in [7, 11) is -3.39. The predicted molar refractivity (Wildman–Crippen MR) is 146 cm³/mol. The van der Waals surface area contributed by atoms with Gasteiger partial charge in [0.2, 0.25) is 13.7 Å². The Morgan fingerprint density at radius 2 is 1.96 bits per heavy atom. The molecule has 0 spiro atoms. The van der Waals surface area contributed by atoms with Gasteiger partial charge in [0.05, 0.1) is 17.9 Å². The van der Waals surface area contributed by atoms with E-state index in [9.17, 15) is 29.2 Å². The number of non-ortho nitro benzene ring substituents is 1. The number of imidazole rings is 2. The number of fused-ring (bicyclic) bond motifs is 1. The van der Waals surface area contributed by atoms with Crippen molar-refractivity contribution >= 4 is 36.7 Å². The molecule has 5 atom stereocenters. The van der Waals surface area contributed by atoms with Crippen molar-refractivity contribution in [2.45, 2.75) is 44.0 Å². The molecule has 3 aromatic heterocycles. The van der Waals surface area contributed by atoms with Crippen LogP contribution in [0.5, 0.6) is 0 Å². The molecule has 1 fully saturated rings. The second-order valence-corrected chi connectivity index (χ2v) is 11.7. The number of nitro groups is 1. The van der Waals surface area contributed by atoms with E-state index in [-0.39, 0.29) is 52.4 Å². The van der Waals surface area contributed by atoms with E-state index >= 15 is 0 Å². The normalized spacial score (nSPS) is 21.2. The summed E-state index contributed by atoms with van der Waals surface area (Å²) in [5.74, 6) is -0.200. The molecule has 234 valence electrons. The fourth-order valence-electron chi connectivity index (χ4n) is 4.61. The number of benzene rings is 1. The largest absolute Gasteiger partial charge is 1.00 e. The third-order valence-electron chi connectivity index (χ3n) is 6.80. The van der Waals surface area contributed by atoms with Crippen LogP contribution in [0.4, 0.5) is 16.4 Å². The molecule has 1 aliphatic rings. The van der Waals surface area contributed by atoms with Gasteiger partial charge in [0.1, 0.15) is 24.1 Å². The molecule has 5 rings (SSSR count). The molecule has 4 heterocycles. The number of hydrogen-bond donors (Lipinski definition) is 2. The van der Waals surface area contributed by atoms with E-state index in [0.717, 1.165) is 10.7 Å². The zero-order valence-corrected chi connectivity index (χ0v) is 27.2. The quantitative estimate of drug-likeness (QED) is 0.0629. The van der Waals surface area contributed by atoms with Crippen LogP contribution in [-0.2, 0) is 33.6 Å². The van der Waals surface area contributed by atoms with Crippen LogP contribution < -0.4 is 45.7 Å². The zero-order valence-electron chi connectivity index (χ0n) is 24.3. The molecule has 1 aromatic carbocycles. The third kappa shape index (κ3) is 7.10. The van der Waals surface area contributed by atoms with Crippen molar-refractivity contribution in [2.75, 3.05) is 19.5 Å². The van der Waals surface area contributed by atoms with Crippen LogP contribution in [-0.4, -0.2) is 71.9 Å². The van der Waals surface area contributed by atoms with Crippen LogP contribution in [0, 0.1) is 10.1 Å². The Balaban J connectivity index is 0.00000461. The van der Waals surface area contributed by atoms with Crippen LogP contribution in [0.15, 0.2) is 54.1 Å². The third-order valence-corrected chi connectivity index (χ3v) is 8.08. The molecule has 45 heavy (non-hydrogen) atoms. The van der Waals surface area contributed by atoms with E-state index in [4.69, 9.17) is 29.2 Å². The number of nitrogens with zero attached hydrogens (tertiary/aromatic N) is 6.